The van der Waals surface area contributed by atoms with Crippen molar-refractivity contribution in [2.45, 2.75) is 26.3 Å². The summed E-state index contributed by atoms with van der Waals surface area (Å²) >= 11 is 0. The van der Waals surface area contributed by atoms with Gasteiger partial charge in [0.05, 0.1) is 12.6 Å². The second-order valence-corrected chi connectivity index (χ2v) is 3.66. The van der Waals surface area contributed by atoms with Crippen LogP contribution in [0.2, 0.25) is 0 Å². The molecule has 1 heterocycles. The molecule has 0 saturated carbocycles. The predicted molar refractivity (Wildman–Crippen MR) is 66.2 cm³/mol. The molecule has 0 radical (unpaired) electrons. The van der Waals surface area contributed by atoms with Crippen LogP contribution in [-0.2, 0) is 4.74 Å². The smallest absolute Gasteiger partial charge is 0.128 e. The number of pyridine rings is 1. The maximum absolute atomic E-state index is 5.85. The number of nitrogens with zero attached hydrogens (tertiary/aromatic N) is 1. The Morgan fingerprint density at radius 1 is 1.50 bits per heavy atom. The van der Waals surface area contributed by atoms with Gasteiger partial charge in [0.1, 0.15) is 5.82 Å². The fourth-order valence-corrected chi connectivity index (χ4v) is 1.58. The number of aromatic nitrogens is 1. The Bertz CT molecular complexity index is 304. The zero-order valence-electron chi connectivity index (χ0n) is 10.1. The van der Waals surface area contributed by atoms with E-state index >= 15 is 0 Å². The molecule has 1 atom stereocenters. The molecule has 4 nitrogen and oxygen atoms in total. The van der Waals surface area contributed by atoms with E-state index < -0.39 is 0 Å². The van der Waals surface area contributed by atoms with Crippen LogP contribution in [0.15, 0.2) is 18.3 Å². The molecule has 0 aliphatic carbocycles. The van der Waals surface area contributed by atoms with Gasteiger partial charge in [0.25, 0.3) is 0 Å². The summed E-state index contributed by atoms with van der Waals surface area (Å²) in [5, 5.41) is 3.35. The Balaban J connectivity index is 2.65. The number of nitrogens with one attached hydrogen (secondary N) is 1. The van der Waals surface area contributed by atoms with E-state index in [0.717, 1.165) is 25.1 Å². The number of nitrogen functional groups attached to an aromatic ring is 1. The van der Waals surface area contributed by atoms with E-state index in [1.165, 1.54) is 0 Å². The highest BCUT2D eigenvalue weighted by atomic mass is 16.5. The van der Waals surface area contributed by atoms with Crippen LogP contribution in [0.5, 0.6) is 0 Å². The lowest BCUT2D eigenvalue weighted by Crippen LogP contribution is -2.26. The highest BCUT2D eigenvalue weighted by Gasteiger charge is 2.13. The number of nitrogens with two attached hydrogens (primary N) is 1. The first-order valence-corrected chi connectivity index (χ1v) is 5.81. The van der Waals surface area contributed by atoms with E-state index in [9.17, 15) is 0 Å². The normalized spacial score (nSPS) is 12.6. The minimum absolute atomic E-state index is 0.130. The maximum Gasteiger partial charge on any atom is 0.128 e. The molecule has 0 fully saturated rings. The molecule has 16 heavy (non-hydrogen) atoms. The molecule has 0 saturated heterocycles. The van der Waals surface area contributed by atoms with Crippen molar-refractivity contribution in [1.29, 1.82) is 0 Å². The molecule has 0 bridgehead atoms. The first-order chi connectivity index (χ1) is 7.79. The van der Waals surface area contributed by atoms with Crippen LogP contribution in [0, 0.1) is 0 Å². The number of anilines is 1. The van der Waals surface area contributed by atoms with Crippen molar-refractivity contribution in [1.82, 2.24) is 10.3 Å². The average molecular weight is 223 g/mol. The van der Waals surface area contributed by atoms with Gasteiger partial charge in [0, 0.05) is 18.4 Å². The zero-order valence-corrected chi connectivity index (χ0v) is 10.1. The van der Waals surface area contributed by atoms with Crippen LogP contribution >= 0.6 is 0 Å². The monoisotopic (exact) mass is 223 g/mol. The van der Waals surface area contributed by atoms with Crippen LogP contribution in [-0.4, -0.2) is 24.7 Å². The molecule has 3 N–H and O–H groups in total. The van der Waals surface area contributed by atoms with Gasteiger partial charge in [-0.05, 0) is 19.0 Å². The fraction of sp³-hybridized carbons (Fsp3) is 0.583. The zero-order chi connectivity index (χ0) is 11.8. The van der Waals surface area contributed by atoms with Crippen molar-refractivity contribution in [3.05, 3.63) is 23.9 Å². The minimum Gasteiger partial charge on any atom is -0.383 e. The summed E-state index contributed by atoms with van der Waals surface area (Å²) in [6.07, 6.45) is 2.73. The third-order valence-electron chi connectivity index (χ3n) is 2.33. The predicted octanol–water partition coefficient (Wildman–Crippen LogP) is 1.74. The summed E-state index contributed by atoms with van der Waals surface area (Å²) < 4.78 is 5.56. The SMILES string of the molecule is CCCOCC(NCC)c1cccnc1N. The van der Waals surface area contributed by atoms with E-state index in [1.54, 1.807) is 6.20 Å². The third kappa shape index (κ3) is 3.79. The highest BCUT2D eigenvalue weighted by Crippen LogP contribution is 2.18. The first-order valence-electron chi connectivity index (χ1n) is 5.81. The van der Waals surface area contributed by atoms with Gasteiger partial charge in [-0.3, -0.25) is 0 Å². The average Bonchev–Trinajstić information content (AvgIpc) is 2.29. The number of likely N-dealkylation sites (N-methyl/N-ethyl adjacent to an activating group) is 1. The highest BCUT2D eigenvalue weighted by molar-refractivity contribution is 5.40. The Kier molecular flexibility index (Phi) is 5.82. The van der Waals surface area contributed by atoms with Crippen molar-refractivity contribution >= 4 is 5.82 Å². The summed E-state index contributed by atoms with van der Waals surface area (Å²) in [6.45, 7) is 6.47. The number of hydrogen-bond acceptors (Lipinski definition) is 4. The molecule has 1 rings (SSSR count). The third-order valence-corrected chi connectivity index (χ3v) is 2.33. The maximum atomic E-state index is 5.85. The standard InChI is InChI=1S/C12H21N3O/c1-3-8-16-9-11(14-4-2)10-6-5-7-15-12(10)13/h5-7,11,14H,3-4,8-9H2,1-2H3,(H2,13,15). The van der Waals surface area contributed by atoms with Gasteiger partial charge in [0.15, 0.2) is 0 Å². The van der Waals surface area contributed by atoms with Gasteiger partial charge in [0.2, 0.25) is 0 Å². The van der Waals surface area contributed by atoms with Crippen LogP contribution in [0.4, 0.5) is 5.82 Å². The number of rotatable bonds is 7. The molecule has 0 aliphatic heterocycles. The van der Waals surface area contributed by atoms with E-state index in [0.29, 0.717) is 12.4 Å². The first kappa shape index (κ1) is 12.9. The van der Waals surface area contributed by atoms with E-state index in [1.807, 2.05) is 12.1 Å². The molecule has 0 amide bonds. The number of ether oxygens (including phenoxy) is 1. The molecule has 1 aromatic rings. The van der Waals surface area contributed by atoms with Crippen molar-refractivity contribution in [2.24, 2.45) is 0 Å². The molecular formula is C12H21N3O. The van der Waals surface area contributed by atoms with Crippen molar-refractivity contribution < 1.29 is 4.74 Å². The Labute approximate surface area is 97.2 Å². The molecule has 0 aromatic carbocycles. The van der Waals surface area contributed by atoms with Gasteiger partial charge < -0.3 is 15.8 Å². The molecule has 0 spiro atoms. The van der Waals surface area contributed by atoms with E-state index in [-0.39, 0.29) is 6.04 Å². The number of hydrogen-bond donors (Lipinski definition) is 2. The van der Waals surface area contributed by atoms with Crippen molar-refractivity contribution in [2.75, 3.05) is 25.5 Å². The van der Waals surface area contributed by atoms with Crippen LogP contribution in [0.25, 0.3) is 0 Å². The lowest BCUT2D eigenvalue weighted by Gasteiger charge is -2.19. The molecule has 90 valence electrons. The van der Waals surface area contributed by atoms with Gasteiger partial charge in [-0.2, -0.15) is 0 Å². The Morgan fingerprint density at radius 2 is 2.31 bits per heavy atom. The summed E-state index contributed by atoms with van der Waals surface area (Å²) in [4.78, 5) is 4.09. The van der Waals surface area contributed by atoms with Crippen LogP contribution in [0.3, 0.4) is 0 Å². The van der Waals surface area contributed by atoms with Crippen LogP contribution in [0.1, 0.15) is 31.9 Å². The largest absolute Gasteiger partial charge is 0.383 e. The lowest BCUT2D eigenvalue weighted by molar-refractivity contribution is 0.112. The fourth-order valence-electron chi connectivity index (χ4n) is 1.58. The quantitative estimate of drug-likeness (QED) is 0.691. The van der Waals surface area contributed by atoms with E-state index in [4.69, 9.17) is 10.5 Å². The van der Waals surface area contributed by atoms with Gasteiger partial charge >= 0.3 is 0 Å². The summed E-state index contributed by atoms with van der Waals surface area (Å²) in [7, 11) is 0. The van der Waals surface area contributed by atoms with Crippen molar-refractivity contribution in [3.63, 3.8) is 0 Å². The Morgan fingerprint density at radius 3 is 2.94 bits per heavy atom. The second kappa shape index (κ2) is 7.19. The lowest BCUT2D eigenvalue weighted by atomic mass is 10.1. The molecular weight excluding hydrogens is 202 g/mol. The topological polar surface area (TPSA) is 60.2 Å². The molecule has 1 aromatic heterocycles. The van der Waals surface area contributed by atoms with E-state index in [2.05, 4.69) is 24.1 Å². The second-order valence-electron chi connectivity index (χ2n) is 3.66. The summed E-state index contributed by atoms with van der Waals surface area (Å²) in [5.41, 5.74) is 6.86. The van der Waals surface area contributed by atoms with Crippen LogP contribution < -0.4 is 11.1 Å². The molecule has 4 heteroatoms. The van der Waals surface area contributed by atoms with Crippen molar-refractivity contribution in [3.8, 4) is 0 Å². The summed E-state index contributed by atoms with van der Waals surface area (Å²) in [5.74, 6) is 0.577. The molecule has 1 unspecified atom stereocenters. The van der Waals surface area contributed by atoms with Gasteiger partial charge in [-0.15, -0.1) is 0 Å². The van der Waals surface area contributed by atoms with Gasteiger partial charge in [-0.25, -0.2) is 4.98 Å². The molecule has 0 aliphatic rings. The summed E-state index contributed by atoms with van der Waals surface area (Å²) in [6, 6.07) is 4.02. The minimum atomic E-state index is 0.130. The Hall–Kier alpha value is -1.13. The van der Waals surface area contributed by atoms with Gasteiger partial charge in [-0.1, -0.05) is 19.9 Å².